The highest BCUT2D eigenvalue weighted by molar-refractivity contribution is 7.15. The molecule has 2 aliphatic carbocycles. The van der Waals surface area contributed by atoms with Crippen LogP contribution in [0.25, 0.3) is 0 Å². The molecule has 3 N–H and O–H groups in total. The summed E-state index contributed by atoms with van der Waals surface area (Å²) in [5, 5.41) is 16.1. The van der Waals surface area contributed by atoms with Crippen LogP contribution in [0.15, 0.2) is 18.2 Å². The first-order valence-corrected chi connectivity index (χ1v) is 14.7. The number of anilines is 2. The lowest BCUT2D eigenvalue weighted by Crippen LogP contribution is -3.12. The first-order chi connectivity index (χ1) is 18.1. The Morgan fingerprint density at radius 3 is 2.71 bits per heavy atom. The lowest BCUT2D eigenvalue weighted by atomic mass is 9.53. The number of fused-ring (bicyclic) bond motifs is 2. The Hall–Kier alpha value is -2.36. The predicted molar refractivity (Wildman–Crippen MR) is 150 cm³/mol. The van der Waals surface area contributed by atoms with Gasteiger partial charge in [0, 0.05) is 22.8 Å². The molecule has 2 aromatic rings. The number of hydrogen-bond donors (Lipinski definition) is 3. The van der Waals surface area contributed by atoms with E-state index in [0.717, 1.165) is 73.5 Å². The zero-order valence-electron chi connectivity index (χ0n) is 23.5. The van der Waals surface area contributed by atoms with Gasteiger partial charge in [-0.15, -0.1) is 11.3 Å². The SMILES string of the molecule is COc1ccc(OC)c(Nc2nc3c(s2)C[C@]2(C)CC[C@H]([C@H](C)C(=O)N4CC[NH+](C)CC4)[C@H](O)[C@H]2[C@@H]3C)c1. The fourth-order valence-electron chi connectivity index (χ4n) is 7.21. The molecular weight excluding hydrogens is 500 g/mol. The molecule has 1 aromatic carbocycles. The van der Waals surface area contributed by atoms with Crippen molar-refractivity contribution in [2.75, 3.05) is 52.8 Å². The van der Waals surface area contributed by atoms with E-state index in [1.54, 1.807) is 25.6 Å². The number of thiazole rings is 1. The molecule has 3 aliphatic rings. The lowest BCUT2D eigenvalue weighted by Gasteiger charge is -2.53. The molecule has 0 spiro atoms. The molecule has 1 aliphatic heterocycles. The number of hydrogen-bond acceptors (Lipinski definition) is 7. The Morgan fingerprint density at radius 2 is 2.03 bits per heavy atom. The Kier molecular flexibility index (Phi) is 7.64. The van der Waals surface area contributed by atoms with Gasteiger partial charge in [-0.1, -0.05) is 20.8 Å². The van der Waals surface area contributed by atoms with Crippen molar-refractivity contribution in [3.8, 4) is 11.5 Å². The van der Waals surface area contributed by atoms with E-state index in [0.29, 0.717) is 0 Å². The van der Waals surface area contributed by atoms with Crippen LogP contribution in [-0.4, -0.2) is 74.4 Å². The van der Waals surface area contributed by atoms with Crippen molar-refractivity contribution in [1.82, 2.24) is 9.88 Å². The Labute approximate surface area is 230 Å². The molecule has 9 heteroatoms. The van der Waals surface area contributed by atoms with Crippen molar-refractivity contribution in [3.63, 3.8) is 0 Å². The lowest BCUT2D eigenvalue weighted by molar-refractivity contribution is -0.883. The van der Waals surface area contributed by atoms with Crippen molar-refractivity contribution in [2.24, 2.45) is 23.2 Å². The number of nitrogens with zero attached hydrogens (tertiary/aromatic N) is 2. The molecule has 208 valence electrons. The van der Waals surface area contributed by atoms with Gasteiger partial charge in [-0.05, 0) is 48.6 Å². The number of nitrogens with one attached hydrogen (secondary N) is 2. The fourth-order valence-corrected chi connectivity index (χ4v) is 8.48. The third kappa shape index (κ3) is 4.89. The van der Waals surface area contributed by atoms with Gasteiger partial charge in [0.15, 0.2) is 5.13 Å². The highest BCUT2D eigenvalue weighted by Crippen LogP contribution is 2.57. The first-order valence-electron chi connectivity index (χ1n) is 13.9. The quantitative estimate of drug-likeness (QED) is 0.519. The topological polar surface area (TPSA) is 88.4 Å². The molecule has 1 saturated carbocycles. The molecule has 6 atom stereocenters. The van der Waals surface area contributed by atoms with Crippen molar-refractivity contribution < 1.29 is 24.3 Å². The van der Waals surface area contributed by atoms with Crippen molar-refractivity contribution >= 4 is 28.1 Å². The Morgan fingerprint density at radius 1 is 1.29 bits per heavy atom. The van der Waals surface area contributed by atoms with Crippen molar-refractivity contribution in [3.05, 3.63) is 28.8 Å². The van der Waals surface area contributed by atoms with Crippen LogP contribution in [0.2, 0.25) is 0 Å². The first kappa shape index (κ1) is 27.2. The molecule has 2 fully saturated rings. The summed E-state index contributed by atoms with van der Waals surface area (Å²) in [5.74, 6) is 1.67. The largest absolute Gasteiger partial charge is 0.497 e. The van der Waals surface area contributed by atoms with E-state index in [-0.39, 0.29) is 35.0 Å². The number of rotatable bonds is 6. The highest BCUT2D eigenvalue weighted by Gasteiger charge is 2.54. The number of carbonyl (C=O) groups excluding carboxylic acids is 1. The van der Waals surface area contributed by atoms with Crippen LogP contribution in [0, 0.1) is 23.2 Å². The number of aliphatic hydroxyl groups is 1. The molecule has 8 nitrogen and oxygen atoms in total. The van der Waals surface area contributed by atoms with Gasteiger partial charge in [-0.2, -0.15) is 0 Å². The van der Waals surface area contributed by atoms with Gasteiger partial charge in [0.05, 0.1) is 64.9 Å². The summed E-state index contributed by atoms with van der Waals surface area (Å²) in [5.41, 5.74) is 1.87. The summed E-state index contributed by atoms with van der Waals surface area (Å²) in [4.78, 5) is 23.2. The van der Waals surface area contributed by atoms with Gasteiger partial charge in [0.2, 0.25) is 5.91 Å². The number of amides is 1. The van der Waals surface area contributed by atoms with Crippen LogP contribution < -0.4 is 19.7 Å². The molecule has 1 saturated heterocycles. The van der Waals surface area contributed by atoms with Crippen LogP contribution in [0.3, 0.4) is 0 Å². The smallest absolute Gasteiger partial charge is 0.226 e. The number of methoxy groups -OCH3 is 2. The molecule has 0 bridgehead atoms. The number of aliphatic hydroxyl groups excluding tert-OH is 1. The monoisotopic (exact) mass is 543 g/mol. The van der Waals surface area contributed by atoms with Crippen LogP contribution in [-0.2, 0) is 11.2 Å². The molecule has 5 rings (SSSR count). The Bertz CT molecular complexity index is 1160. The third-order valence-corrected chi connectivity index (χ3v) is 10.5. The van der Waals surface area contributed by atoms with Crippen molar-refractivity contribution in [1.29, 1.82) is 0 Å². The average molecular weight is 544 g/mol. The Balaban J connectivity index is 1.35. The number of benzene rings is 1. The van der Waals surface area contributed by atoms with Crippen LogP contribution in [0.5, 0.6) is 11.5 Å². The summed E-state index contributed by atoms with van der Waals surface area (Å²) in [6.45, 7) is 10.2. The second kappa shape index (κ2) is 10.7. The van der Waals surface area contributed by atoms with E-state index in [9.17, 15) is 9.90 Å². The van der Waals surface area contributed by atoms with E-state index < -0.39 is 6.10 Å². The van der Waals surface area contributed by atoms with Crippen LogP contribution in [0.1, 0.15) is 50.1 Å². The number of ether oxygens (including phenoxy) is 2. The molecule has 2 heterocycles. The number of quaternary nitrogens is 1. The van der Waals surface area contributed by atoms with Gasteiger partial charge < -0.3 is 29.7 Å². The number of carbonyl (C=O) groups is 1. The molecule has 1 aromatic heterocycles. The van der Waals surface area contributed by atoms with Gasteiger partial charge in [0.25, 0.3) is 0 Å². The summed E-state index contributed by atoms with van der Waals surface area (Å²) < 4.78 is 10.9. The number of likely N-dealkylation sites (N-methyl/N-ethyl adjacent to an activating group) is 1. The number of aromatic nitrogens is 1. The van der Waals surface area contributed by atoms with E-state index in [4.69, 9.17) is 14.5 Å². The van der Waals surface area contributed by atoms with E-state index >= 15 is 0 Å². The average Bonchev–Trinajstić information content (AvgIpc) is 3.30. The third-order valence-electron chi connectivity index (χ3n) is 9.53. The minimum Gasteiger partial charge on any atom is -0.497 e. The van der Waals surface area contributed by atoms with E-state index in [2.05, 4.69) is 26.2 Å². The summed E-state index contributed by atoms with van der Waals surface area (Å²) >= 11 is 1.69. The summed E-state index contributed by atoms with van der Waals surface area (Å²) in [7, 11) is 5.49. The molecule has 0 unspecified atom stereocenters. The highest BCUT2D eigenvalue weighted by atomic mass is 32.1. The fraction of sp³-hybridized carbons (Fsp3) is 0.655. The molecule has 1 amide bonds. The van der Waals surface area contributed by atoms with E-state index in [1.165, 1.54) is 9.78 Å². The van der Waals surface area contributed by atoms with Gasteiger partial charge in [0.1, 0.15) is 11.5 Å². The molecule has 0 radical (unpaired) electrons. The maximum Gasteiger partial charge on any atom is 0.226 e. The zero-order chi connectivity index (χ0) is 27.2. The van der Waals surface area contributed by atoms with Crippen LogP contribution in [0.4, 0.5) is 10.8 Å². The van der Waals surface area contributed by atoms with Gasteiger partial charge in [-0.25, -0.2) is 4.98 Å². The predicted octanol–water partition coefficient (Wildman–Crippen LogP) is 2.95. The van der Waals surface area contributed by atoms with Gasteiger partial charge >= 0.3 is 0 Å². The maximum absolute atomic E-state index is 13.4. The minimum absolute atomic E-state index is 0.0141. The zero-order valence-corrected chi connectivity index (χ0v) is 24.4. The van der Waals surface area contributed by atoms with Crippen LogP contribution >= 0.6 is 11.3 Å². The second-order valence-electron chi connectivity index (χ2n) is 11.9. The second-order valence-corrected chi connectivity index (χ2v) is 13.0. The minimum atomic E-state index is -0.523. The van der Waals surface area contributed by atoms with Gasteiger partial charge in [-0.3, -0.25) is 4.79 Å². The number of piperazine rings is 1. The summed E-state index contributed by atoms with van der Waals surface area (Å²) in [6, 6.07) is 5.67. The van der Waals surface area contributed by atoms with Crippen molar-refractivity contribution in [2.45, 2.75) is 52.1 Å². The van der Waals surface area contributed by atoms with E-state index in [1.807, 2.05) is 30.0 Å². The molecular formula is C29H43N4O4S+. The maximum atomic E-state index is 13.4. The normalized spacial score (nSPS) is 30.2. The molecule has 38 heavy (non-hydrogen) atoms. The standard InChI is InChI=1S/C29H42N4O4S/c1-17(27(35)33-13-11-32(4)12-14-33)20-9-10-29(3)16-23-25(18(2)24(29)26(20)34)31-28(38-23)30-21-15-19(36-5)7-8-22(21)37-6/h7-8,15,17-18,20,24,26,34H,9-14,16H2,1-6H3,(H,30,31)/p+1/t17-,18-,20+,24+,26-,29-/m0/s1. The summed E-state index contributed by atoms with van der Waals surface area (Å²) in [6.07, 6.45) is 2.27.